The summed E-state index contributed by atoms with van der Waals surface area (Å²) in [7, 11) is 0. The SMILES string of the molecule is CCC/C(CC)=C(\CC)c1cc(F)ccc1C. The number of hydrogen-bond acceptors (Lipinski definition) is 0. The lowest BCUT2D eigenvalue weighted by molar-refractivity contribution is 0.626. The molecule has 0 aliphatic carbocycles. The van der Waals surface area contributed by atoms with Gasteiger partial charge in [0.2, 0.25) is 0 Å². The maximum absolute atomic E-state index is 13.4. The van der Waals surface area contributed by atoms with Gasteiger partial charge >= 0.3 is 0 Å². The predicted octanol–water partition coefficient (Wildman–Crippen LogP) is 5.51. The molecule has 0 spiro atoms. The number of halogens is 1. The molecule has 1 rings (SSSR count). The van der Waals surface area contributed by atoms with Gasteiger partial charge in [-0.25, -0.2) is 4.39 Å². The highest BCUT2D eigenvalue weighted by Crippen LogP contribution is 2.29. The van der Waals surface area contributed by atoms with Crippen LogP contribution in [0.3, 0.4) is 0 Å². The molecule has 1 aromatic rings. The van der Waals surface area contributed by atoms with Crippen LogP contribution in [0.5, 0.6) is 0 Å². The van der Waals surface area contributed by atoms with Crippen molar-refractivity contribution in [1.82, 2.24) is 0 Å². The van der Waals surface area contributed by atoms with Gasteiger partial charge in [-0.2, -0.15) is 0 Å². The van der Waals surface area contributed by atoms with Gasteiger partial charge < -0.3 is 0 Å². The molecule has 0 N–H and O–H groups in total. The lowest BCUT2D eigenvalue weighted by Crippen LogP contribution is -1.95. The van der Waals surface area contributed by atoms with Gasteiger partial charge in [-0.05, 0) is 55.0 Å². The van der Waals surface area contributed by atoms with Crippen LogP contribution in [0.2, 0.25) is 0 Å². The van der Waals surface area contributed by atoms with Crippen molar-refractivity contribution < 1.29 is 4.39 Å². The molecule has 0 aromatic heterocycles. The summed E-state index contributed by atoms with van der Waals surface area (Å²) in [5.74, 6) is -0.136. The van der Waals surface area contributed by atoms with Crippen molar-refractivity contribution in [1.29, 1.82) is 0 Å². The van der Waals surface area contributed by atoms with Crippen LogP contribution in [0.25, 0.3) is 5.57 Å². The van der Waals surface area contributed by atoms with E-state index in [-0.39, 0.29) is 5.82 Å². The van der Waals surface area contributed by atoms with E-state index in [4.69, 9.17) is 0 Å². The van der Waals surface area contributed by atoms with Gasteiger partial charge in [-0.15, -0.1) is 0 Å². The lowest BCUT2D eigenvalue weighted by atomic mass is 9.91. The van der Waals surface area contributed by atoms with E-state index >= 15 is 0 Å². The Bertz CT molecular complexity index is 402. The number of aryl methyl sites for hydroxylation is 1. The summed E-state index contributed by atoms with van der Waals surface area (Å²) in [6, 6.07) is 5.09. The third-order valence-corrected chi connectivity index (χ3v) is 3.28. The van der Waals surface area contributed by atoms with Crippen LogP contribution in [0.15, 0.2) is 23.8 Å². The molecule has 0 bridgehead atoms. The molecule has 0 nitrogen and oxygen atoms in total. The van der Waals surface area contributed by atoms with Crippen molar-refractivity contribution in [3.63, 3.8) is 0 Å². The third kappa shape index (κ3) is 3.42. The van der Waals surface area contributed by atoms with Gasteiger partial charge in [0.05, 0.1) is 0 Å². The zero-order chi connectivity index (χ0) is 12.8. The Morgan fingerprint density at radius 3 is 2.35 bits per heavy atom. The maximum atomic E-state index is 13.4. The summed E-state index contributed by atoms with van der Waals surface area (Å²) in [6.45, 7) is 8.60. The first-order chi connectivity index (χ1) is 8.13. The molecular formula is C16H23F. The fraction of sp³-hybridized carbons (Fsp3) is 0.500. The summed E-state index contributed by atoms with van der Waals surface area (Å²) in [5.41, 5.74) is 5.08. The first-order valence-corrected chi connectivity index (χ1v) is 6.61. The Morgan fingerprint density at radius 1 is 1.12 bits per heavy atom. The summed E-state index contributed by atoms with van der Waals surface area (Å²) < 4.78 is 13.4. The van der Waals surface area contributed by atoms with Gasteiger partial charge in [0.1, 0.15) is 5.82 Å². The largest absolute Gasteiger partial charge is 0.207 e. The molecule has 94 valence electrons. The average Bonchev–Trinajstić information content (AvgIpc) is 2.33. The van der Waals surface area contributed by atoms with E-state index in [0.717, 1.165) is 31.2 Å². The van der Waals surface area contributed by atoms with Crippen molar-refractivity contribution >= 4 is 5.57 Å². The molecular weight excluding hydrogens is 211 g/mol. The summed E-state index contributed by atoms with van der Waals surface area (Å²) in [6.07, 6.45) is 4.32. The minimum atomic E-state index is -0.136. The fourth-order valence-corrected chi connectivity index (χ4v) is 2.39. The van der Waals surface area contributed by atoms with Crippen LogP contribution < -0.4 is 0 Å². The minimum absolute atomic E-state index is 0.136. The van der Waals surface area contributed by atoms with Crippen LogP contribution in [0, 0.1) is 12.7 Å². The first kappa shape index (κ1) is 14.0. The van der Waals surface area contributed by atoms with Gasteiger partial charge in [0.25, 0.3) is 0 Å². The molecule has 0 aliphatic heterocycles. The van der Waals surface area contributed by atoms with E-state index in [1.54, 1.807) is 6.07 Å². The van der Waals surface area contributed by atoms with Crippen molar-refractivity contribution in [2.24, 2.45) is 0 Å². The summed E-state index contributed by atoms with van der Waals surface area (Å²) >= 11 is 0. The summed E-state index contributed by atoms with van der Waals surface area (Å²) in [4.78, 5) is 0. The zero-order valence-electron chi connectivity index (χ0n) is 11.4. The number of hydrogen-bond donors (Lipinski definition) is 0. The van der Waals surface area contributed by atoms with E-state index in [9.17, 15) is 4.39 Å². The molecule has 17 heavy (non-hydrogen) atoms. The second-order valence-corrected chi connectivity index (χ2v) is 4.50. The molecule has 0 amide bonds. The van der Waals surface area contributed by atoms with E-state index in [2.05, 4.69) is 27.7 Å². The van der Waals surface area contributed by atoms with Crippen molar-refractivity contribution in [2.45, 2.75) is 53.4 Å². The molecule has 0 aliphatic rings. The number of rotatable bonds is 5. The molecule has 0 atom stereocenters. The van der Waals surface area contributed by atoms with Crippen LogP contribution in [-0.2, 0) is 0 Å². The Labute approximate surface area is 105 Å². The van der Waals surface area contributed by atoms with E-state index in [1.807, 2.05) is 6.07 Å². The van der Waals surface area contributed by atoms with Gasteiger partial charge in [-0.3, -0.25) is 0 Å². The maximum Gasteiger partial charge on any atom is 0.123 e. The highest BCUT2D eigenvalue weighted by atomic mass is 19.1. The Morgan fingerprint density at radius 2 is 1.82 bits per heavy atom. The second-order valence-electron chi connectivity index (χ2n) is 4.50. The smallest absolute Gasteiger partial charge is 0.123 e. The lowest BCUT2D eigenvalue weighted by Gasteiger charge is -2.15. The topological polar surface area (TPSA) is 0 Å². The molecule has 0 fully saturated rings. The van der Waals surface area contributed by atoms with Crippen LogP contribution in [0.1, 0.15) is 57.6 Å². The summed E-state index contributed by atoms with van der Waals surface area (Å²) in [5, 5.41) is 0. The standard InChI is InChI=1S/C16H23F/c1-5-8-13(6-2)15(7-3)16-11-14(17)10-9-12(16)4/h9-11H,5-8H2,1-4H3/b15-13+. The molecule has 1 heteroatoms. The molecule has 0 heterocycles. The molecule has 1 aromatic carbocycles. The van der Waals surface area contributed by atoms with Crippen molar-refractivity contribution in [3.05, 3.63) is 40.7 Å². The first-order valence-electron chi connectivity index (χ1n) is 6.61. The van der Waals surface area contributed by atoms with Crippen LogP contribution in [0.4, 0.5) is 4.39 Å². The minimum Gasteiger partial charge on any atom is -0.207 e. The quantitative estimate of drug-likeness (QED) is 0.630. The normalized spacial score (nSPS) is 12.5. The van der Waals surface area contributed by atoms with E-state index in [0.29, 0.717) is 0 Å². The second kappa shape index (κ2) is 6.58. The van der Waals surface area contributed by atoms with Gasteiger partial charge in [0, 0.05) is 0 Å². The third-order valence-electron chi connectivity index (χ3n) is 3.28. The van der Waals surface area contributed by atoms with Gasteiger partial charge in [0.15, 0.2) is 0 Å². The Kier molecular flexibility index (Phi) is 5.40. The number of allylic oxidation sites excluding steroid dienone is 2. The Balaban J connectivity index is 3.28. The fourth-order valence-electron chi connectivity index (χ4n) is 2.39. The number of benzene rings is 1. The Hall–Kier alpha value is -1.11. The predicted molar refractivity (Wildman–Crippen MR) is 73.5 cm³/mol. The van der Waals surface area contributed by atoms with Crippen molar-refractivity contribution in [2.75, 3.05) is 0 Å². The van der Waals surface area contributed by atoms with Crippen molar-refractivity contribution in [3.8, 4) is 0 Å². The molecule has 0 saturated carbocycles. The van der Waals surface area contributed by atoms with Gasteiger partial charge in [-0.1, -0.05) is 38.8 Å². The highest BCUT2D eigenvalue weighted by Gasteiger charge is 2.09. The molecule has 0 radical (unpaired) electrons. The van der Waals surface area contributed by atoms with E-state index in [1.165, 1.54) is 22.8 Å². The molecule has 0 saturated heterocycles. The monoisotopic (exact) mass is 234 g/mol. The zero-order valence-corrected chi connectivity index (χ0v) is 11.4. The average molecular weight is 234 g/mol. The molecule has 0 unspecified atom stereocenters. The van der Waals surface area contributed by atoms with Crippen LogP contribution >= 0.6 is 0 Å². The van der Waals surface area contributed by atoms with Crippen LogP contribution in [-0.4, -0.2) is 0 Å². The highest BCUT2D eigenvalue weighted by molar-refractivity contribution is 5.70. The van der Waals surface area contributed by atoms with E-state index < -0.39 is 0 Å².